The lowest BCUT2D eigenvalue weighted by Crippen LogP contribution is -2.34. The van der Waals surface area contributed by atoms with E-state index < -0.39 is 5.97 Å². The van der Waals surface area contributed by atoms with E-state index in [1.807, 2.05) is 21.7 Å². The number of hydrogen-bond acceptors (Lipinski definition) is 3. The molecular formula is C15H16N2O3S. The van der Waals surface area contributed by atoms with Crippen molar-refractivity contribution in [3.05, 3.63) is 46.4 Å². The topological polar surface area (TPSA) is 62.5 Å². The van der Waals surface area contributed by atoms with Crippen LogP contribution in [-0.2, 0) is 17.9 Å². The molecule has 1 fully saturated rings. The van der Waals surface area contributed by atoms with E-state index in [-0.39, 0.29) is 18.5 Å². The summed E-state index contributed by atoms with van der Waals surface area (Å²) in [5.74, 6) is -1.04. The Hall–Kier alpha value is -2.08. The Labute approximate surface area is 126 Å². The number of hydrogen-bond donors (Lipinski definition) is 1. The van der Waals surface area contributed by atoms with Gasteiger partial charge in [0.05, 0.1) is 0 Å². The van der Waals surface area contributed by atoms with Crippen LogP contribution in [0.4, 0.5) is 0 Å². The van der Waals surface area contributed by atoms with E-state index in [9.17, 15) is 9.59 Å². The highest BCUT2D eigenvalue weighted by atomic mass is 32.1. The molecule has 1 amide bonds. The van der Waals surface area contributed by atoms with Gasteiger partial charge in [0.1, 0.15) is 12.2 Å². The molecule has 0 spiro atoms. The molecule has 1 saturated carbocycles. The number of aliphatic carboxylic acids is 1. The Kier molecular flexibility index (Phi) is 3.79. The van der Waals surface area contributed by atoms with Crippen LogP contribution < -0.4 is 0 Å². The van der Waals surface area contributed by atoms with E-state index >= 15 is 0 Å². The van der Waals surface area contributed by atoms with Crippen LogP contribution in [0.2, 0.25) is 0 Å². The largest absolute Gasteiger partial charge is 0.480 e. The van der Waals surface area contributed by atoms with E-state index in [1.165, 1.54) is 4.57 Å². The van der Waals surface area contributed by atoms with Gasteiger partial charge < -0.3 is 14.6 Å². The minimum Gasteiger partial charge on any atom is -0.480 e. The van der Waals surface area contributed by atoms with E-state index in [1.54, 1.807) is 29.7 Å². The fourth-order valence-corrected chi connectivity index (χ4v) is 3.03. The monoisotopic (exact) mass is 304 g/mol. The second kappa shape index (κ2) is 5.73. The van der Waals surface area contributed by atoms with Crippen molar-refractivity contribution in [3.8, 4) is 0 Å². The zero-order valence-corrected chi connectivity index (χ0v) is 12.3. The maximum atomic E-state index is 12.7. The maximum absolute atomic E-state index is 12.7. The van der Waals surface area contributed by atoms with Gasteiger partial charge in [0.2, 0.25) is 0 Å². The molecule has 0 saturated heterocycles. The van der Waals surface area contributed by atoms with E-state index in [4.69, 9.17) is 5.11 Å². The molecule has 110 valence electrons. The summed E-state index contributed by atoms with van der Waals surface area (Å²) in [6.07, 6.45) is 3.68. The van der Waals surface area contributed by atoms with Crippen LogP contribution in [0, 0.1) is 0 Å². The number of aromatic nitrogens is 1. The number of amides is 1. The number of carbonyl (C=O) groups excluding carboxylic acids is 1. The fourth-order valence-electron chi connectivity index (χ4n) is 2.37. The highest BCUT2D eigenvalue weighted by Crippen LogP contribution is 2.30. The lowest BCUT2D eigenvalue weighted by atomic mass is 10.2. The third-order valence-corrected chi connectivity index (χ3v) is 4.27. The van der Waals surface area contributed by atoms with Crippen molar-refractivity contribution in [1.82, 2.24) is 9.47 Å². The quantitative estimate of drug-likeness (QED) is 0.891. The molecule has 2 aromatic heterocycles. The average Bonchev–Trinajstić information content (AvgIpc) is 2.97. The van der Waals surface area contributed by atoms with Crippen molar-refractivity contribution >= 4 is 23.2 Å². The Bertz CT molecular complexity index is 644. The fraction of sp³-hybridized carbons (Fsp3) is 0.333. The second-order valence-corrected chi connectivity index (χ2v) is 5.99. The number of carboxylic acids is 1. The molecular weight excluding hydrogens is 288 g/mol. The maximum Gasteiger partial charge on any atom is 0.323 e. The van der Waals surface area contributed by atoms with E-state index in [0.717, 1.165) is 18.4 Å². The highest BCUT2D eigenvalue weighted by molar-refractivity contribution is 7.07. The Morgan fingerprint density at radius 3 is 2.81 bits per heavy atom. The summed E-state index contributed by atoms with van der Waals surface area (Å²) in [4.78, 5) is 25.5. The molecule has 2 heterocycles. The lowest BCUT2D eigenvalue weighted by Gasteiger charge is -2.22. The summed E-state index contributed by atoms with van der Waals surface area (Å²) in [5.41, 5.74) is 1.57. The van der Waals surface area contributed by atoms with Gasteiger partial charge in [0.15, 0.2) is 0 Å². The van der Waals surface area contributed by atoms with Crippen LogP contribution >= 0.6 is 11.3 Å². The Morgan fingerprint density at radius 2 is 2.19 bits per heavy atom. The van der Waals surface area contributed by atoms with Crippen molar-refractivity contribution in [2.24, 2.45) is 0 Å². The molecule has 1 aliphatic rings. The molecule has 1 aliphatic carbocycles. The van der Waals surface area contributed by atoms with Gasteiger partial charge in [-0.25, -0.2) is 0 Å². The molecule has 3 rings (SSSR count). The Morgan fingerprint density at radius 1 is 1.38 bits per heavy atom. The molecule has 2 aromatic rings. The standard InChI is InChI=1S/C15H16N2O3S/c18-14(19)9-16-6-1-2-13(16)15(20)17(12-3-4-12)8-11-5-7-21-10-11/h1-2,5-7,10,12H,3-4,8-9H2,(H,18,19). The van der Waals surface area contributed by atoms with Gasteiger partial charge in [-0.3, -0.25) is 9.59 Å². The minimum atomic E-state index is -0.948. The summed E-state index contributed by atoms with van der Waals surface area (Å²) in [6.45, 7) is 0.399. The van der Waals surface area contributed by atoms with Crippen molar-refractivity contribution < 1.29 is 14.7 Å². The molecule has 0 bridgehead atoms. The zero-order chi connectivity index (χ0) is 14.8. The SMILES string of the molecule is O=C(O)Cn1cccc1C(=O)N(Cc1ccsc1)C1CC1. The summed E-state index contributed by atoms with van der Waals surface area (Å²) in [5, 5.41) is 13.0. The lowest BCUT2D eigenvalue weighted by molar-refractivity contribution is -0.137. The van der Waals surface area contributed by atoms with Crippen molar-refractivity contribution in [3.63, 3.8) is 0 Å². The molecule has 21 heavy (non-hydrogen) atoms. The molecule has 0 radical (unpaired) electrons. The smallest absolute Gasteiger partial charge is 0.323 e. The van der Waals surface area contributed by atoms with Gasteiger partial charge in [0, 0.05) is 18.8 Å². The van der Waals surface area contributed by atoms with Crippen LogP contribution in [0.15, 0.2) is 35.2 Å². The summed E-state index contributed by atoms with van der Waals surface area (Å²) >= 11 is 1.61. The normalized spacial score (nSPS) is 14.1. The third kappa shape index (κ3) is 3.16. The number of carbonyl (C=O) groups is 2. The molecule has 0 atom stereocenters. The summed E-state index contributed by atoms with van der Waals surface area (Å²) in [6, 6.07) is 5.70. The van der Waals surface area contributed by atoms with Crippen LogP contribution in [0.5, 0.6) is 0 Å². The van der Waals surface area contributed by atoms with Gasteiger partial charge in [-0.05, 0) is 47.4 Å². The number of nitrogens with zero attached hydrogens (tertiary/aromatic N) is 2. The van der Waals surface area contributed by atoms with Gasteiger partial charge in [-0.1, -0.05) is 0 Å². The van der Waals surface area contributed by atoms with Crippen molar-refractivity contribution in [1.29, 1.82) is 0 Å². The Balaban J connectivity index is 1.81. The van der Waals surface area contributed by atoms with Gasteiger partial charge in [-0.15, -0.1) is 0 Å². The van der Waals surface area contributed by atoms with Gasteiger partial charge in [0.25, 0.3) is 5.91 Å². The first-order valence-electron chi connectivity index (χ1n) is 6.84. The van der Waals surface area contributed by atoms with E-state index in [0.29, 0.717) is 12.2 Å². The zero-order valence-electron chi connectivity index (χ0n) is 11.4. The highest BCUT2D eigenvalue weighted by Gasteiger charge is 2.34. The predicted molar refractivity (Wildman–Crippen MR) is 79.3 cm³/mol. The summed E-state index contributed by atoms with van der Waals surface area (Å²) in [7, 11) is 0. The van der Waals surface area contributed by atoms with Gasteiger partial charge in [-0.2, -0.15) is 11.3 Å². The van der Waals surface area contributed by atoms with Crippen LogP contribution in [-0.4, -0.2) is 32.5 Å². The number of rotatable bonds is 6. The van der Waals surface area contributed by atoms with Crippen LogP contribution in [0.3, 0.4) is 0 Å². The summed E-state index contributed by atoms with van der Waals surface area (Å²) < 4.78 is 1.49. The molecule has 5 nitrogen and oxygen atoms in total. The molecule has 6 heteroatoms. The van der Waals surface area contributed by atoms with Crippen LogP contribution in [0.1, 0.15) is 28.9 Å². The van der Waals surface area contributed by atoms with E-state index in [2.05, 4.69) is 0 Å². The molecule has 0 aliphatic heterocycles. The molecule has 0 unspecified atom stereocenters. The second-order valence-electron chi connectivity index (χ2n) is 5.21. The average molecular weight is 304 g/mol. The van der Waals surface area contributed by atoms with Crippen molar-refractivity contribution in [2.75, 3.05) is 0 Å². The molecule has 0 aromatic carbocycles. The first kappa shape index (κ1) is 13.9. The van der Waals surface area contributed by atoms with Crippen molar-refractivity contribution in [2.45, 2.75) is 32.0 Å². The number of carboxylic acid groups (broad SMARTS) is 1. The van der Waals surface area contributed by atoms with Gasteiger partial charge >= 0.3 is 5.97 Å². The van der Waals surface area contributed by atoms with Crippen LogP contribution in [0.25, 0.3) is 0 Å². The first-order valence-corrected chi connectivity index (χ1v) is 7.78. The molecule has 1 N–H and O–H groups in total. The minimum absolute atomic E-state index is 0.0880. The predicted octanol–water partition coefficient (Wildman–Crippen LogP) is 2.44. The first-order chi connectivity index (χ1) is 10.1. The number of thiophene rings is 1. The third-order valence-electron chi connectivity index (χ3n) is 3.54.